The molecule has 1 radical (unpaired) electrons. The van der Waals surface area contributed by atoms with Gasteiger partial charge in [0.2, 0.25) is 5.91 Å². The molecule has 1 N–H and O–H groups in total. The summed E-state index contributed by atoms with van der Waals surface area (Å²) in [6.07, 6.45) is 1.49. The smallest absolute Gasteiger partial charge is 0.243 e. The summed E-state index contributed by atoms with van der Waals surface area (Å²) in [5.74, 6) is -0.148. The predicted molar refractivity (Wildman–Crippen MR) is 32.9 cm³/mol. The Bertz CT molecular complexity index is 112. The second-order valence-electron chi connectivity index (χ2n) is 1.76. The lowest BCUT2D eigenvalue weighted by atomic mass is 10.3. The van der Waals surface area contributed by atoms with Gasteiger partial charge in [-0.3, -0.25) is 4.79 Å². The predicted octanol–water partition coefficient (Wildman–Crippen LogP) is 0.860. The van der Waals surface area contributed by atoms with Crippen molar-refractivity contribution in [1.82, 2.24) is 5.32 Å². The summed E-state index contributed by atoms with van der Waals surface area (Å²) in [4.78, 5) is 10.4. The van der Waals surface area contributed by atoms with Gasteiger partial charge in [0.15, 0.2) is 0 Å². The number of nitrogens with one attached hydrogen (secondary N) is 1. The molecule has 2 heteroatoms. The van der Waals surface area contributed by atoms with Gasteiger partial charge in [0.1, 0.15) is 0 Å². The molecule has 0 saturated carbocycles. The average molecular weight is 112 g/mol. The molecule has 0 aromatic heterocycles. The maximum Gasteiger partial charge on any atom is 0.243 e. The van der Waals surface area contributed by atoms with Crippen molar-refractivity contribution in [2.24, 2.45) is 0 Å². The first-order valence-electron chi connectivity index (χ1n) is 2.39. The lowest BCUT2D eigenvalue weighted by molar-refractivity contribution is -0.115. The van der Waals surface area contributed by atoms with E-state index in [9.17, 15) is 4.79 Å². The third-order valence-corrected chi connectivity index (χ3v) is 0.594. The second-order valence-corrected chi connectivity index (χ2v) is 1.76. The van der Waals surface area contributed by atoms with Crippen molar-refractivity contribution in [3.8, 4) is 0 Å². The molecule has 0 aromatic rings. The summed E-state index contributed by atoms with van der Waals surface area (Å²) in [5, 5.41) is 2.23. The van der Waals surface area contributed by atoms with E-state index in [0.717, 1.165) is 5.57 Å². The van der Waals surface area contributed by atoms with Crippen LogP contribution in [0.3, 0.4) is 0 Å². The molecular formula is C6H10NO. The van der Waals surface area contributed by atoms with E-state index in [1.807, 2.05) is 13.8 Å². The molecule has 0 atom stereocenters. The Hall–Kier alpha value is -0.790. The summed E-state index contributed by atoms with van der Waals surface area (Å²) in [5.41, 5.74) is 0.978. The number of hydrogen-bond acceptors (Lipinski definition) is 1. The van der Waals surface area contributed by atoms with E-state index >= 15 is 0 Å². The first kappa shape index (κ1) is 7.21. The van der Waals surface area contributed by atoms with Gasteiger partial charge in [-0.25, -0.2) is 0 Å². The van der Waals surface area contributed by atoms with E-state index in [2.05, 4.69) is 12.4 Å². The molecule has 0 rings (SSSR count). The Morgan fingerprint density at radius 3 is 2.25 bits per heavy atom. The van der Waals surface area contributed by atoms with Crippen LogP contribution in [0.2, 0.25) is 0 Å². The van der Waals surface area contributed by atoms with Crippen LogP contribution in [0.15, 0.2) is 11.6 Å². The molecule has 8 heavy (non-hydrogen) atoms. The largest absolute Gasteiger partial charge is 0.351 e. The van der Waals surface area contributed by atoms with Crippen LogP contribution in [0.4, 0.5) is 0 Å². The summed E-state index contributed by atoms with van der Waals surface area (Å²) in [6.45, 7) is 3.71. The SMILES string of the molecule is [CH2]NC(=O)C=C(C)C. The molecule has 1 amide bonds. The van der Waals surface area contributed by atoms with E-state index in [4.69, 9.17) is 0 Å². The third-order valence-electron chi connectivity index (χ3n) is 0.594. The number of hydrogen-bond donors (Lipinski definition) is 1. The van der Waals surface area contributed by atoms with Gasteiger partial charge in [-0.15, -0.1) is 0 Å². The lowest BCUT2D eigenvalue weighted by Crippen LogP contribution is -2.11. The molecule has 0 heterocycles. The highest BCUT2D eigenvalue weighted by molar-refractivity contribution is 5.88. The molecule has 0 aliphatic carbocycles. The Morgan fingerprint density at radius 1 is 1.62 bits per heavy atom. The fourth-order valence-corrected chi connectivity index (χ4v) is 0.313. The van der Waals surface area contributed by atoms with Crippen LogP contribution in [-0.4, -0.2) is 5.91 Å². The van der Waals surface area contributed by atoms with Crippen LogP contribution < -0.4 is 5.32 Å². The number of carbonyl (C=O) groups is 1. The first-order valence-corrected chi connectivity index (χ1v) is 2.39. The summed E-state index contributed by atoms with van der Waals surface area (Å²) in [6, 6.07) is 0. The molecule has 2 nitrogen and oxygen atoms in total. The van der Waals surface area contributed by atoms with Gasteiger partial charge in [-0.1, -0.05) is 5.57 Å². The van der Waals surface area contributed by atoms with E-state index in [0.29, 0.717) is 0 Å². The number of allylic oxidation sites excluding steroid dienone is 1. The lowest BCUT2D eigenvalue weighted by Gasteiger charge is -1.88. The highest BCUT2D eigenvalue weighted by Crippen LogP contribution is 1.85. The van der Waals surface area contributed by atoms with Crippen LogP contribution >= 0.6 is 0 Å². The maximum atomic E-state index is 10.4. The summed E-state index contributed by atoms with van der Waals surface area (Å²) in [7, 11) is 3.19. The fraction of sp³-hybridized carbons (Fsp3) is 0.333. The Morgan fingerprint density at radius 2 is 2.12 bits per heavy atom. The van der Waals surface area contributed by atoms with Crippen LogP contribution in [0.25, 0.3) is 0 Å². The van der Waals surface area contributed by atoms with Crippen molar-refractivity contribution in [2.75, 3.05) is 0 Å². The Kier molecular flexibility index (Phi) is 2.92. The fourth-order valence-electron chi connectivity index (χ4n) is 0.313. The molecule has 0 fully saturated rings. The van der Waals surface area contributed by atoms with Crippen molar-refractivity contribution in [2.45, 2.75) is 13.8 Å². The normalized spacial score (nSPS) is 7.88. The summed E-state index contributed by atoms with van der Waals surface area (Å²) >= 11 is 0. The van der Waals surface area contributed by atoms with Crippen LogP contribution in [0.5, 0.6) is 0 Å². The van der Waals surface area contributed by atoms with E-state index in [-0.39, 0.29) is 5.91 Å². The molecule has 0 bridgehead atoms. The Balaban J connectivity index is 3.70. The molecule has 0 aliphatic rings. The highest BCUT2D eigenvalue weighted by atomic mass is 16.1. The molecule has 0 aromatic carbocycles. The minimum atomic E-state index is -0.148. The van der Waals surface area contributed by atoms with E-state index < -0.39 is 0 Å². The third kappa shape index (κ3) is 3.40. The van der Waals surface area contributed by atoms with Gasteiger partial charge in [0.25, 0.3) is 0 Å². The number of carbonyl (C=O) groups excluding carboxylic acids is 1. The minimum absolute atomic E-state index is 0.148. The minimum Gasteiger partial charge on any atom is -0.351 e. The second kappa shape index (κ2) is 3.24. The van der Waals surface area contributed by atoms with Crippen molar-refractivity contribution >= 4 is 5.91 Å². The monoisotopic (exact) mass is 112 g/mol. The molecule has 0 spiro atoms. The van der Waals surface area contributed by atoms with Crippen LogP contribution in [0.1, 0.15) is 13.8 Å². The molecule has 0 unspecified atom stereocenters. The highest BCUT2D eigenvalue weighted by Gasteiger charge is 1.86. The van der Waals surface area contributed by atoms with Gasteiger partial charge in [-0.2, -0.15) is 0 Å². The van der Waals surface area contributed by atoms with Gasteiger partial charge in [0, 0.05) is 13.1 Å². The van der Waals surface area contributed by atoms with Gasteiger partial charge in [0.05, 0.1) is 0 Å². The zero-order valence-corrected chi connectivity index (χ0v) is 5.19. The van der Waals surface area contributed by atoms with Crippen molar-refractivity contribution in [3.63, 3.8) is 0 Å². The average Bonchev–Trinajstić information content (AvgIpc) is 1.65. The van der Waals surface area contributed by atoms with Gasteiger partial charge < -0.3 is 5.32 Å². The van der Waals surface area contributed by atoms with Gasteiger partial charge in [-0.05, 0) is 13.8 Å². The number of rotatable bonds is 1. The zero-order valence-electron chi connectivity index (χ0n) is 5.19. The molecular weight excluding hydrogens is 102 g/mol. The molecule has 0 saturated heterocycles. The topological polar surface area (TPSA) is 29.1 Å². The number of amides is 1. The molecule has 0 aliphatic heterocycles. The van der Waals surface area contributed by atoms with E-state index in [1.165, 1.54) is 6.08 Å². The van der Waals surface area contributed by atoms with Crippen molar-refractivity contribution < 1.29 is 4.79 Å². The first-order chi connectivity index (χ1) is 3.66. The standard InChI is InChI=1S/C6H10NO/c1-5(2)4-6(8)7-3/h4H,3H2,1-2H3,(H,7,8). The van der Waals surface area contributed by atoms with Crippen LogP contribution in [0, 0.1) is 7.05 Å². The Labute approximate surface area is 49.6 Å². The molecule has 45 valence electrons. The quantitative estimate of drug-likeness (QED) is 0.501. The van der Waals surface area contributed by atoms with E-state index in [1.54, 1.807) is 0 Å². The van der Waals surface area contributed by atoms with Crippen LogP contribution in [-0.2, 0) is 4.79 Å². The van der Waals surface area contributed by atoms with Crippen molar-refractivity contribution in [3.05, 3.63) is 18.7 Å². The van der Waals surface area contributed by atoms with Crippen molar-refractivity contribution in [1.29, 1.82) is 0 Å². The maximum absolute atomic E-state index is 10.4. The van der Waals surface area contributed by atoms with Gasteiger partial charge >= 0.3 is 0 Å². The summed E-state index contributed by atoms with van der Waals surface area (Å²) < 4.78 is 0. The zero-order chi connectivity index (χ0) is 6.57.